The third-order valence-electron chi connectivity index (χ3n) is 2.16. The molecular weight excluding hydrogens is 256 g/mol. The molecule has 0 unspecified atom stereocenters. The van der Waals surface area contributed by atoms with Crippen LogP contribution in [0.2, 0.25) is 0 Å². The summed E-state index contributed by atoms with van der Waals surface area (Å²) in [6.07, 6.45) is 0.856. The molecule has 2 aromatic heterocycles. The molecule has 0 aliphatic carbocycles. The van der Waals surface area contributed by atoms with E-state index in [1.165, 1.54) is 0 Å². The predicted octanol–water partition coefficient (Wildman–Crippen LogP) is 2.48. The van der Waals surface area contributed by atoms with Gasteiger partial charge in [-0.3, -0.25) is 0 Å². The molecular formula is C10H14N4OS2. The zero-order valence-electron chi connectivity index (χ0n) is 9.98. The van der Waals surface area contributed by atoms with E-state index in [1.807, 2.05) is 14.1 Å². The second kappa shape index (κ2) is 5.07. The van der Waals surface area contributed by atoms with E-state index < -0.39 is 0 Å². The Labute approximate surface area is 108 Å². The monoisotopic (exact) mass is 270 g/mol. The highest BCUT2D eigenvalue weighted by atomic mass is 32.1. The van der Waals surface area contributed by atoms with E-state index in [0.717, 1.165) is 28.5 Å². The quantitative estimate of drug-likeness (QED) is 0.865. The fourth-order valence-corrected chi connectivity index (χ4v) is 2.79. The van der Waals surface area contributed by atoms with Crippen LogP contribution in [0.4, 0.5) is 0 Å². The van der Waals surface area contributed by atoms with Gasteiger partial charge in [0.05, 0.1) is 5.69 Å². The summed E-state index contributed by atoms with van der Waals surface area (Å²) in [4.78, 5) is 7.93. The maximum absolute atomic E-state index is 5.34. The molecule has 0 aromatic carbocycles. The first-order valence-electron chi connectivity index (χ1n) is 5.29. The molecule has 2 aromatic rings. The van der Waals surface area contributed by atoms with Gasteiger partial charge in [0, 0.05) is 6.54 Å². The number of H-pyrrole nitrogens is 1. The minimum Gasteiger partial charge on any atom is -0.408 e. The fourth-order valence-electron chi connectivity index (χ4n) is 1.47. The Morgan fingerprint density at radius 3 is 2.76 bits per heavy atom. The number of hydrogen-bond donors (Lipinski definition) is 1. The van der Waals surface area contributed by atoms with Crippen molar-refractivity contribution in [2.24, 2.45) is 0 Å². The molecule has 0 spiro atoms. The molecule has 0 radical (unpaired) electrons. The fraction of sp³-hybridized carbons (Fsp3) is 0.500. The molecule has 0 fully saturated rings. The van der Waals surface area contributed by atoms with Gasteiger partial charge in [0.15, 0.2) is 0 Å². The smallest absolute Gasteiger partial charge is 0.284 e. The highest BCUT2D eigenvalue weighted by Crippen LogP contribution is 2.29. The number of thiazole rings is 1. The summed E-state index contributed by atoms with van der Waals surface area (Å²) >= 11 is 6.48. The zero-order valence-corrected chi connectivity index (χ0v) is 11.6. The van der Waals surface area contributed by atoms with E-state index in [-0.39, 0.29) is 0 Å². The average Bonchev–Trinajstić information content (AvgIpc) is 2.83. The van der Waals surface area contributed by atoms with Gasteiger partial charge in [-0.2, -0.15) is 0 Å². The second-order valence-corrected chi connectivity index (χ2v) is 5.35. The molecule has 1 N–H and O–H groups in total. The molecule has 0 amide bonds. The number of aryl methyl sites for hydroxylation is 1. The van der Waals surface area contributed by atoms with Crippen molar-refractivity contribution in [1.29, 1.82) is 0 Å². The summed E-state index contributed by atoms with van der Waals surface area (Å²) in [6.45, 7) is 2.89. The van der Waals surface area contributed by atoms with Gasteiger partial charge >= 0.3 is 0 Å². The third-order valence-corrected chi connectivity index (χ3v) is 3.41. The van der Waals surface area contributed by atoms with Crippen LogP contribution in [0.25, 0.3) is 10.8 Å². The van der Waals surface area contributed by atoms with Crippen LogP contribution in [0.5, 0.6) is 0 Å². The van der Waals surface area contributed by atoms with Crippen molar-refractivity contribution in [3.8, 4) is 10.8 Å². The van der Waals surface area contributed by atoms with Gasteiger partial charge in [0.2, 0.25) is 0 Å². The molecule has 2 heterocycles. The number of aromatic nitrogens is 3. The van der Waals surface area contributed by atoms with Crippen LogP contribution in [-0.4, -0.2) is 34.2 Å². The van der Waals surface area contributed by atoms with Crippen LogP contribution >= 0.6 is 23.6 Å². The molecule has 0 bridgehead atoms. The Bertz CT molecular complexity index is 555. The van der Waals surface area contributed by atoms with Crippen molar-refractivity contribution < 1.29 is 4.42 Å². The van der Waals surface area contributed by atoms with Gasteiger partial charge < -0.3 is 9.32 Å². The molecule has 5 nitrogen and oxygen atoms in total. The van der Waals surface area contributed by atoms with Crippen LogP contribution < -0.4 is 0 Å². The summed E-state index contributed by atoms with van der Waals surface area (Å²) < 4.78 is 5.34. The summed E-state index contributed by atoms with van der Waals surface area (Å²) in [6, 6.07) is 0. The van der Waals surface area contributed by atoms with Crippen LogP contribution in [0.1, 0.15) is 17.6 Å². The van der Waals surface area contributed by atoms with Crippen LogP contribution in [0.15, 0.2) is 4.42 Å². The summed E-state index contributed by atoms with van der Waals surface area (Å²) in [5, 5.41) is 7.74. The van der Waals surface area contributed by atoms with Gasteiger partial charge in [-0.05, 0) is 32.7 Å². The molecule has 0 atom stereocenters. The lowest BCUT2D eigenvalue weighted by Crippen LogP contribution is -2.10. The first-order valence-corrected chi connectivity index (χ1v) is 6.51. The number of hydrogen-bond acceptors (Lipinski definition) is 6. The molecule has 7 heteroatoms. The minimum absolute atomic E-state index is 0.296. The molecule has 0 saturated carbocycles. The standard InChI is InChI=1S/C10H14N4OS2/c1-4-6-8(9-12-13-10(16)15-9)17-7(11-6)5-14(2)3/h4-5H2,1-3H3,(H,13,16). The molecule has 2 rings (SSSR count). The van der Waals surface area contributed by atoms with Crippen molar-refractivity contribution in [3.63, 3.8) is 0 Å². The molecule has 0 aliphatic rings. The van der Waals surface area contributed by atoms with E-state index >= 15 is 0 Å². The van der Waals surface area contributed by atoms with E-state index in [2.05, 4.69) is 27.0 Å². The van der Waals surface area contributed by atoms with Crippen molar-refractivity contribution in [1.82, 2.24) is 20.1 Å². The van der Waals surface area contributed by atoms with Crippen LogP contribution in [0.3, 0.4) is 0 Å². The Kier molecular flexibility index (Phi) is 3.70. The topological polar surface area (TPSA) is 58.0 Å². The Morgan fingerprint density at radius 2 is 2.24 bits per heavy atom. The SMILES string of the molecule is CCc1nc(CN(C)C)sc1-c1n[nH]c(=S)o1. The lowest BCUT2D eigenvalue weighted by Gasteiger charge is -2.04. The van der Waals surface area contributed by atoms with E-state index in [0.29, 0.717) is 10.7 Å². The normalized spacial score (nSPS) is 11.3. The van der Waals surface area contributed by atoms with Crippen LogP contribution in [0, 0.1) is 4.84 Å². The van der Waals surface area contributed by atoms with Crippen molar-refractivity contribution >= 4 is 23.6 Å². The minimum atomic E-state index is 0.296. The van der Waals surface area contributed by atoms with Crippen molar-refractivity contribution in [2.45, 2.75) is 19.9 Å². The number of nitrogens with one attached hydrogen (secondary N) is 1. The van der Waals surface area contributed by atoms with Gasteiger partial charge in [-0.15, -0.1) is 16.4 Å². The maximum Gasteiger partial charge on any atom is 0.284 e. The van der Waals surface area contributed by atoms with Gasteiger partial charge in [0.1, 0.15) is 9.88 Å². The second-order valence-electron chi connectivity index (χ2n) is 3.89. The zero-order chi connectivity index (χ0) is 12.4. The lowest BCUT2D eigenvalue weighted by molar-refractivity contribution is 0.401. The maximum atomic E-state index is 5.34. The van der Waals surface area contributed by atoms with Gasteiger partial charge in [-0.25, -0.2) is 10.1 Å². The van der Waals surface area contributed by atoms with Crippen molar-refractivity contribution in [3.05, 3.63) is 15.5 Å². The van der Waals surface area contributed by atoms with Crippen LogP contribution in [-0.2, 0) is 13.0 Å². The number of aromatic amines is 1. The van der Waals surface area contributed by atoms with E-state index in [4.69, 9.17) is 16.6 Å². The Balaban J connectivity index is 2.39. The largest absolute Gasteiger partial charge is 0.408 e. The lowest BCUT2D eigenvalue weighted by atomic mass is 10.3. The van der Waals surface area contributed by atoms with Gasteiger partial charge in [-0.1, -0.05) is 6.92 Å². The van der Waals surface area contributed by atoms with Gasteiger partial charge in [0.25, 0.3) is 10.7 Å². The molecule has 92 valence electrons. The summed E-state index contributed by atoms with van der Waals surface area (Å²) in [5.41, 5.74) is 1.01. The average molecular weight is 270 g/mol. The van der Waals surface area contributed by atoms with E-state index in [1.54, 1.807) is 11.3 Å². The van der Waals surface area contributed by atoms with E-state index in [9.17, 15) is 0 Å². The third kappa shape index (κ3) is 2.80. The molecule has 0 aliphatic heterocycles. The molecule has 17 heavy (non-hydrogen) atoms. The number of rotatable bonds is 4. The highest BCUT2D eigenvalue weighted by Gasteiger charge is 2.16. The predicted molar refractivity (Wildman–Crippen MR) is 69.6 cm³/mol. The highest BCUT2D eigenvalue weighted by molar-refractivity contribution is 7.71. The first-order chi connectivity index (χ1) is 8.10. The summed E-state index contributed by atoms with van der Waals surface area (Å²) in [5.74, 6) is 0.536. The number of nitrogens with zero attached hydrogens (tertiary/aromatic N) is 3. The van der Waals surface area contributed by atoms with Crippen molar-refractivity contribution in [2.75, 3.05) is 14.1 Å². The summed E-state index contributed by atoms with van der Waals surface area (Å²) in [7, 11) is 4.04. The Hall–Kier alpha value is -1.05. The first kappa shape index (κ1) is 12.4. The molecule has 0 saturated heterocycles. The Morgan fingerprint density at radius 1 is 1.47 bits per heavy atom.